The van der Waals surface area contributed by atoms with E-state index in [2.05, 4.69) is 77.9 Å². The van der Waals surface area contributed by atoms with Gasteiger partial charge in [-0.2, -0.15) is 0 Å². The molecule has 0 aliphatic carbocycles. The average Bonchev–Trinajstić information content (AvgIpc) is 2.73. The quantitative estimate of drug-likeness (QED) is 0.572. The molecule has 2 aromatic rings. The number of ether oxygens (including phenoxy) is 1. The Kier molecular flexibility index (Phi) is 7.88. The molecule has 28 heavy (non-hydrogen) atoms. The summed E-state index contributed by atoms with van der Waals surface area (Å²) in [5.41, 5.74) is 5.22. The normalized spacial score (nSPS) is 15.4. The number of hydrogen-bond donors (Lipinski definition) is 2. The maximum absolute atomic E-state index is 5.47. The van der Waals surface area contributed by atoms with E-state index in [-0.39, 0.29) is 0 Å². The predicted molar refractivity (Wildman–Crippen MR) is 115 cm³/mol. The minimum Gasteiger partial charge on any atom is -0.379 e. The molecule has 2 N–H and O–H groups in total. The molecule has 0 saturated carbocycles. The minimum absolute atomic E-state index is 0.670. The van der Waals surface area contributed by atoms with Crippen molar-refractivity contribution in [3.8, 4) is 0 Å². The lowest BCUT2D eigenvalue weighted by atomic mass is 10.1. The zero-order chi connectivity index (χ0) is 19.6. The fourth-order valence-corrected chi connectivity index (χ4v) is 3.36. The first-order valence-electron chi connectivity index (χ1n) is 10.2. The number of aliphatic imine (C=N–C) groups is 1. The van der Waals surface area contributed by atoms with E-state index in [4.69, 9.17) is 9.73 Å². The van der Waals surface area contributed by atoms with Crippen LogP contribution in [0, 0.1) is 6.92 Å². The topological polar surface area (TPSA) is 48.9 Å². The maximum Gasteiger partial charge on any atom is 0.191 e. The van der Waals surface area contributed by atoms with E-state index >= 15 is 0 Å². The van der Waals surface area contributed by atoms with Crippen LogP contribution in [0.4, 0.5) is 0 Å². The monoisotopic (exact) mass is 380 g/mol. The van der Waals surface area contributed by atoms with E-state index in [1.165, 1.54) is 22.3 Å². The van der Waals surface area contributed by atoms with Gasteiger partial charge in [0.1, 0.15) is 0 Å². The first-order valence-corrected chi connectivity index (χ1v) is 10.2. The van der Waals surface area contributed by atoms with Crippen LogP contribution in [0.25, 0.3) is 0 Å². The van der Waals surface area contributed by atoms with Gasteiger partial charge in [0.2, 0.25) is 0 Å². The predicted octanol–water partition coefficient (Wildman–Crippen LogP) is 3.08. The number of nitrogens with one attached hydrogen (secondary N) is 2. The summed E-state index contributed by atoms with van der Waals surface area (Å²) in [6.45, 7) is 11.1. The molecule has 0 aromatic heterocycles. The fraction of sp³-hybridized carbons (Fsp3) is 0.435. The van der Waals surface area contributed by atoms with Crippen molar-refractivity contribution in [3.05, 3.63) is 70.8 Å². The van der Waals surface area contributed by atoms with Crippen LogP contribution in [0.1, 0.15) is 29.2 Å². The lowest BCUT2D eigenvalue weighted by Crippen LogP contribution is -2.37. The number of benzene rings is 2. The van der Waals surface area contributed by atoms with Crippen LogP contribution in [-0.2, 0) is 24.4 Å². The number of guanidine groups is 1. The molecule has 1 heterocycles. The zero-order valence-corrected chi connectivity index (χ0v) is 17.1. The summed E-state index contributed by atoms with van der Waals surface area (Å²) in [4.78, 5) is 7.29. The molecule has 0 radical (unpaired) electrons. The second-order valence-corrected chi connectivity index (χ2v) is 7.13. The van der Waals surface area contributed by atoms with Crippen molar-refractivity contribution in [1.82, 2.24) is 15.5 Å². The van der Waals surface area contributed by atoms with Gasteiger partial charge in [-0.25, -0.2) is 4.99 Å². The van der Waals surface area contributed by atoms with E-state index in [9.17, 15) is 0 Å². The Morgan fingerprint density at radius 3 is 2.36 bits per heavy atom. The van der Waals surface area contributed by atoms with Crippen molar-refractivity contribution in [2.75, 3.05) is 32.8 Å². The minimum atomic E-state index is 0.670. The van der Waals surface area contributed by atoms with Gasteiger partial charge in [-0.3, -0.25) is 4.90 Å². The van der Waals surface area contributed by atoms with Crippen molar-refractivity contribution < 1.29 is 4.74 Å². The lowest BCUT2D eigenvalue weighted by Gasteiger charge is -2.27. The Bertz CT molecular complexity index is 769. The molecule has 0 unspecified atom stereocenters. The van der Waals surface area contributed by atoms with E-state index < -0.39 is 0 Å². The molecule has 5 nitrogen and oxygen atoms in total. The maximum atomic E-state index is 5.47. The highest BCUT2D eigenvalue weighted by molar-refractivity contribution is 5.79. The number of aryl methyl sites for hydroxylation is 1. The van der Waals surface area contributed by atoms with Gasteiger partial charge in [-0.05, 0) is 36.1 Å². The number of hydrogen-bond acceptors (Lipinski definition) is 3. The summed E-state index contributed by atoms with van der Waals surface area (Å²) in [5, 5.41) is 6.82. The molecular weight excluding hydrogens is 348 g/mol. The van der Waals surface area contributed by atoms with Gasteiger partial charge in [-0.1, -0.05) is 48.5 Å². The lowest BCUT2D eigenvalue weighted by molar-refractivity contribution is 0.0341. The van der Waals surface area contributed by atoms with Crippen LogP contribution in [0.15, 0.2) is 53.5 Å². The largest absolute Gasteiger partial charge is 0.379 e. The van der Waals surface area contributed by atoms with Crippen LogP contribution >= 0.6 is 0 Å². The van der Waals surface area contributed by atoms with Gasteiger partial charge in [0.15, 0.2) is 5.96 Å². The average molecular weight is 381 g/mol. The highest BCUT2D eigenvalue weighted by Crippen LogP contribution is 2.14. The molecule has 1 aliphatic heterocycles. The molecule has 1 fully saturated rings. The van der Waals surface area contributed by atoms with Gasteiger partial charge in [0.25, 0.3) is 0 Å². The second-order valence-electron chi connectivity index (χ2n) is 7.13. The summed E-state index contributed by atoms with van der Waals surface area (Å²) in [5.74, 6) is 0.854. The van der Waals surface area contributed by atoms with Gasteiger partial charge in [0.05, 0.1) is 19.8 Å². The highest BCUT2D eigenvalue weighted by Gasteiger charge is 2.12. The Hall–Kier alpha value is -2.37. The molecule has 0 atom stereocenters. The summed E-state index contributed by atoms with van der Waals surface area (Å²) >= 11 is 0. The molecule has 3 rings (SSSR count). The van der Waals surface area contributed by atoms with E-state index in [1.54, 1.807) is 0 Å². The van der Waals surface area contributed by atoms with Crippen LogP contribution in [-0.4, -0.2) is 43.7 Å². The molecule has 2 aromatic carbocycles. The molecule has 1 saturated heterocycles. The van der Waals surface area contributed by atoms with Crippen molar-refractivity contribution in [3.63, 3.8) is 0 Å². The number of morpholine rings is 1. The van der Waals surface area contributed by atoms with Gasteiger partial charge >= 0.3 is 0 Å². The molecular formula is C23H32N4O. The highest BCUT2D eigenvalue weighted by atomic mass is 16.5. The van der Waals surface area contributed by atoms with Crippen molar-refractivity contribution >= 4 is 5.96 Å². The molecule has 5 heteroatoms. The fourth-order valence-electron chi connectivity index (χ4n) is 3.36. The van der Waals surface area contributed by atoms with Crippen LogP contribution < -0.4 is 10.6 Å². The van der Waals surface area contributed by atoms with E-state index in [0.717, 1.165) is 51.9 Å². The number of rotatable bonds is 7. The Balaban J connectivity index is 1.64. The summed E-state index contributed by atoms with van der Waals surface area (Å²) in [6.07, 6.45) is 0. The first-order chi connectivity index (χ1) is 13.8. The molecule has 1 aliphatic rings. The van der Waals surface area contributed by atoms with Crippen LogP contribution in [0.2, 0.25) is 0 Å². The molecule has 0 amide bonds. The Labute approximate surface area is 168 Å². The standard InChI is InChI=1S/C23H32N4O/c1-3-24-23(25-16-20-9-5-4-8-19(20)2)26-17-21-10-6-7-11-22(21)18-27-12-14-28-15-13-27/h4-11H,3,12-18H2,1-2H3,(H2,24,25,26). The van der Waals surface area contributed by atoms with Gasteiger partial charge in [-0.15, -0.1) is 0 Å². The molecule has 0 bridgehead atoms. The van der Waals surface area contributed by atoms with E-state index in [1.807, 2.05) is 0 Å². The first kappa shape index (κ1) is 20.4. The SMILES string of the molecule is CCNC(=NCc1ccccc1CN1CCOCC1)NCc1ccccc1C. The zero-order valence-electron chi connectivity index (χ0n) is 17.1. The summed E-state index contributed by atoms with van der Waals surface area (Å²) < 4.78 is 5.47. The van der Waals surface area contributed by atoms with E-state index in [0.29, 0.717) is 6.54 Å². The molecule has 150 valence electrons. The summed E-state index contributed by atoms with van der Waals surface area (Å²) in [7, 11) is 0. The van der Waals surface area contributed by atoms with Crippen LogP contribution in [0.5, 0.6) is 0 Å². The second kappa shape index (κ2) is 10.8. The van der Waals surface area contributed by atoms with Crippen molar-refractivity contribution in [2.45, 2.75) is 33.5 Å². The molecule has 0 spiro atoms. The van der Waals surface area contributed by atoms with Gasteiger partial charge < -0.3 is 15.4 Å². The van der Waals surface area contributed by atoms with Crippen molar-refractivity contribution in [2.24, 2.45) is 4.99 Å². The third-order valence-electron chi connectivity index (χ3n) is 5.08. The Morgan fingerprint density at radius 1 is 0.964 bits per heavy atom. The Morgan fingerprint density at radius 2 is 1.64 bits per heavy atom. The van der Waals surface area contributed by atoms with Crippen molar-refractivity contribution in [1.29, 1.82) is 0 Å². The smallest absolute Gasteiger partial charge is 0.191 e. The summed E-state index contributed by atoms with van der Waals surface area (Å²) in [6, 6.07) is 17.1. The van der Waals surface area contributed by atoms with Gasteiger partial charge in [0, 0.05) is 32.7 Å². The third kappa shape index (κ3) is 6.08. The third-order valence-corrected chi connectivity index (χ3v) is 5.08. The number of nitrogens with zero attached hydrogens (tertiary/aromatic N) is 2. The van der Waals surface area contributed by atoms with Crippen LogP contribution in [0.3, 0.4) is 0 Å².